The van der Waals surface area contributed by atoms with Crippen molar-refractivity contribution >= 4 is 35.6 Å². The van der Waals surface area contributed by atoms with E-state index in [0.29, 0.717) is 22.0 Å². The molecule has 0 bridgehead atoms. The van der Waals surface area contributed by atoms with E-state index in [2.05, 4.69) is 15.5 Å². The molecule has 0 unspecified atom stereocenters. The number of hydrogen-bond donors (Lipinski definition) is 3. The Bertz CT molecular complexity index is 634. The first-order valence-corrected chi connectivity index (χ1v) is 6.99. The number of guanidine groups is 1. The highest BCUT2D eigenvalue weighted by Gasteiger charge is 2.18. The molecule has 23 heavy (non-hydrogen) atoms. The van der Waals surface area contributed by atoms with Crippen molar-refractivity contribution in [3.8, 4) is 5.75 Å². The molecule has 0 atom stereocenters. The van der Waals surface area contributed by atoms with Crippen LogP contribution >= 0.6 is 11.6 Å². The lowest BCUT2D eigenvalue weighted by atomic mass is 10.2. The maximum absolute atomic E-state index is 11.9. The zero-order valence-electron chi connectivity index (χ0n) is 13.4. The SMILES string of the molecule is COc1cc(NC(=O)OC(C)(C)C)c(C=NN=C(N)N)cc1Cl. The standard InChI is InChI=1S/C14H20ClN5O3/c1-14(2,3)23-13(21)19-10-6-11(22-4)9(15)5-8(10)7-18-20-12(16)17/h5-7H,1-4H3,(H,19,21)(H4,16,17,20). The molecule has 0 fully saturated rings. The van der Waals surface area contributed by atoms with Crippen LogP contribution < -0.4 is 21.5 Å². The van der Waals surface area contributed by atoms with E-state index in [0.717, 1.165) is 0 Å². The third-order valence-electron chi connectivity index (χ3n) is 2.33. The number of halogens is 1. The van der Waals surface area contributed by atoms with E-state index < -0.39 is 11.7 Å². The van der Waals surface area contributed by atoms with Gasteiger partial charge in [0, 0.05) is 11.6 Å². The fourth-order valence-corrected chi connectivity index (χ4v) is 1.76. The molecule has 0 spiro atoms. The largest absolute Gasteiger partial charge is 0.495 e. The summed E-state index contributed by atoms with van der Waals surface area (Å²) in [6, 6.07) is 3.10. The Morgan fingerprint density at radius 3 is 2.52 bits per heavy atom. The topological polar surface area (TPSA) is 124 Å². The minimum Gasteiger partial charge on any atom is -0.495 e. The van der Waals surface area contributed by atoms with Gasteiger partial charge in [0.05, 0.1) is 24.0 Å². The predicted octanol–water partition coefficient (Wildman–Crippen LogP) is 2.30. The molecule has 0 saturated heterocycles. The second-order valence-corrected chi connectivity index (χ2v) is 5.88. The quantitative estimate of drug-likeness (QED) is 0.440. The smallest absolute Gasteiger partial charge is 0.412 e. The second-order valence-electron chi connectivity index (χ2n) is 5.47. The van der Waals surface area contributed by atoms with Crippen molar-refractivity contribution < 1.29 is 14.3 Å². The van der Waals surface area contributed by atoms with E-state index in [1.807, 2.05) is 0 Å². The van der Waals surface area contributed by atoms with Gasteiger partial charge in [-0.2, -0.15) is 5.10 Å². The Balaban J connectivity index is 3.13. The van der Waals surface area contributed by atoms with Gasteiger partial charge in [-0.05, 0) is 26.8 Å². The summed E-state index contributed by atoms with van der Waals surface area (Å²) >= 11 is 6.07. The van der Waals surface area contributed by atoms with Crippen LogP contribution in [0.3, 0.4) is 0 Å². The molecule has 1 aromatic carbocycles. The predicted molar refractivity (Wildman–Crippen MR) is 91.3 cm³/mol. The van der Waals surface area contributed by atoms with Crippen molar-refractivity contribution in [3.63, 3.8) is 0 Å². The number of carbonyl (C=O) groups is 1. The highest BCUT2D eigenvalue weighted by atomic mass is 35.5. The summed E-state index contributed by atoms with van der Waals surface area (Å²) in [4.78, 5) is 11.9. The van der Waals surface area contributed by atoms with Gasteiger partial charge in [-0.15, -0.1) is 5.10 Å². The number of methoxy groups -OCH3 is 1. The van der Waals surface area contributed by atoms with Crippen LogP contribution in [0.15, 0.2) is 22.3 Å². The number of nitrogens with zero attached hydrogens (tertiary/aromatic N) is 2. The summed E-state index contributed by atoms with van der Waals surface area (Å²) in [5.74, 6) is 0.194. The van der Waals surface area contributed by atoms with Gasteiger partial charge in [0.15, 0.2) is 0 Å². The lowest BCUT2D eigenvalue weighted by Crippen LogP contribution is -2.27. The lowest BCUT2D eigenvalue weighted by molar-refractivity contribution is 0.0636. The van der Waals surface area contributed by atoms with Gasteiger partial charge in [-0.3, -0.25) is 5.32 Å². The molecule has 126 valence electrons. The summed E-state index contributed by atoms with van der Waals surface area (Å²) in [6.07, 6.45) is 0.718. The van der Waals surface area contributed by atoms with Crippen LogP contribution in [-0.2, 0) is 4.74 Å². The average Bonchev–Trinajstić information content (AvgIpc) is 2.38. The molecule has 0 aliphatic rings. The average molecular weight is 342 g/mol. The number of nitrogens with two attached hydrogens (primary N) is 2. The first-order valence-electron chi connectivity index (χ1n) is 6.62. The van der Waals surface area contributed by atoms with Gasteiger partial charge >= 0.3 is 6.09 Å². The molecule has 0 aromatic heterocycles. The fourth-order valence-electron chi connectivity index (χ4n) is 1.51. The van der Waals surface area contributed by atoms with Crippen LogP contribution in [0, 0.1) is 0 Å². The number of carbonyl (C=O) groups excluding carboxylic acids is 1. The summed E-state index contributed by atoms with van der Waals surface area (Å²) in [7, 11) is 1.46. The molecule has 0 heterocycles. The van der Waals surface area contributed by atoms with E-state index in [1.165, 1.54) is 13.3 Å². The second kappa shape index (κ2) is 7.68. The van der Waals surface area contributed by atoms with Gasteiger partial charge in [0.25, 0.3) is 0 Å². The zero-order valence-corrected chi connectivity index (χ0v) is 14.1. The molecule has 5 N–H and O–H groups in total. The molecule has 0 radical (unpaired) electrons. The van der Waals surface area contributed by atoms with E-state index in [1.54, 1.807) is 32.9 Å². The minimum atomic E-state index is -0.632. The Morgan fingerprint density at radius 1 is 1.35 bits per heavy atom. The number of nitrogens with one attached hydrogen (secondary N) is 1. The molecular formula is C14H20ClN5O3. The van der Waals surface area contributed by atoms with Crippen LogP contribution in [0.4, 0.5) is 10.5 Å². The Labute approximate surface area is 139 Å². The maximum Gasteiger partial charge on any atom is 0.412 e. The van der Waals surface area contributed by atoms with Gasteiger partial charge in [0.2, 0.25) is 5.96 Å². The van der Waals surface area contributed by atoms with Crippen molar-refractivity contribution in [1.82, 2.24) is 0 Å². The number of benzene rings is 1. The molecule has 0 aliphatic carbocycles. The molecule has 1 aromatic rings. The number of amides is 1. The van der Waals surface area contributed by atoms with E-state index >= 15 is 0 Å². The lowest BCUT2D eigenvalue weighted by Gasteiger charge is -2.20. The Hall–Kier alpha value is -2.48. The monoisotopic (exact) mass is 341 g/mol. The van der Waals surface area contributed by atoms with Crippen LogP contribution in [0.5, 0.6) is 5.75 Å². The molecule has 9 heteroatoms. The molecule has 1 rings (SSSR count). The summed E-state index contributed by atoms with van der Waals surface area (Å²) in [6.45, 7) is 5.28. The van der Waals surface area contributed by atoms with Gasteiger partial charge in [0.1, 0.15) is 11.4 Å². The van der Waals surface area contributed by atoms with Gasteiger partial charge < -0.3 is 20.9 Å². The molecule has 0 saturated carbocycles. The third kappa shape index (κ3) is 6.43. The van der Waals surface area contributed by atoms with E-state index in [-0.39, 0.29) is 5.96 Å². The van der Waals surface area contributed by atoms with Crippen LogP contribution in [0.2, 0.25) is 5.02 Å². The molecule has 8 nitrogen and oxygen atoms in total. The highest BCUT2D eigenvalue weighted by Crippen LogP contribution is 2.30. The summed E-state index contributed by atoms with van der Waals surface area (Å²) < 4.78 is 10.3. The van der Waals surface area contributed by atoms with Gasteiger partial charge in [-0.1, -0.05) is 11.6 Å². The number of hydrogen-bond acceptors (Lipinski definition) is 5. The van der Waals surface area contributed by atoms with Crippen LogP contribution in [0.1, 0.15) is 26.3 Å². The molecule has 1 amide bonds. The maximum atomic E-state index is 11.9. The highest BCUT2D eigenvalue weighted by molar-refractivity contribution is 6.32. The van der Waals surface area contributed by atoms with E-state index in [9.17, 15) is 4.79 Å². The Kier molecular flexibility index (Phi) is 6.20. The third-order valence-corrected chi connectivity index (χ3v) is 2.62. The van der Waals surface area contributed by atoms with Crippen LogP contribution in [0.25, 0.3) is 0 Å². The van der Waals surface area contributed by atoms with Gasteiger partial charge in [-0.25, -0.2) is 4.79 Å². The normalized spacial score (nSPS) is 11.2. The van der Waals surface area contributed by atoms with Crippen molar-refractivity contribution in [2.24, 2.45) is 21.7 Å². The van der Waals surface area contributed by atoms with Crippen molar-refractivity contribution in [2.75, 3.05) is 12.4 Å². The van der Waals surface area contributed by atoms with Crippen LogP contribution in [-0.4, -0.2) is 31.0 Å². The number of rotatable bonds is 4. The zero-order chi connectivity index (χ0) is 17.6. The number of ether oxygens (including phenoxy) is 2. The van der Waals surface area contributed by atoms with Crippen molar-refractivity contribution in [2.45, 2.75) is 26.4 Å². The minimum absolute atomic E-state index is 0.192. The first-order chi connectivity index (χ1) is 10.6. The molecule has 0 aliphatic heterocycles. The number of anilines is 1. The van der Waals surface area contributed by atoms with Crippen molar-refractivity contribution in [1.29, 1.82) is 0 Å². The summed E-state index contributed by atoms with van der Waals surface area (Å²) in [5, 5.41) is 10.1. The first kappa shape index (κ1) is 18.6. The Morgan fingerprint density at radius 2 is 2.00 bits per heavy atom. The molecular weight excluding hydrogens is 322 g/mol. The fraction of sp³-hybridized carbons (Fsp3) is 0.357. The summed E-state index contributed by atoms with van der Waals surface area (Å²) in [5.41, 5.74) is 10.6. The van der Waals surface area contributed by atoms with E-state index in [4.69, 9.17) is 32.5 Å². The van der Waals surface area contributed by atoms with Crippen molar-refractivity contribution in [3.05, 3.63) is 22.7 Å².